The van der Waals surface area contributed by atoms with Crippen molar-refractivity contribution >= 4 is 29.3 Å². The van der Waals surface area contributed by atoms with Crippen LogP contribution in [0.1, 0.15) is 21.5 Å². The molecule has 1 unspecified atom stereocenters. The molecule has 5 nitrogen and oxygen atoms in total. The number of carbonyl (C=O) groups is 1. The van der Waals surface area contributed by atoms with E-state index >= 15 is 8.78 Å². The molecular weight excluding hydrogens is 426 g/mol. The second kappa shape index (κ2) is 8.22. The third-order valence-corrected chi connectivity index (χ3v) is 6.14. The van der Waals surface area contributed by atoms with E-state index in [1.807, 2.05) is 25.1 Å². The smallest absolute Gasteiger partial charge is 0.251 e. The van der Waals surface area contributed by atoms with Crippen molar-refractivity contribution in [2.75, 3.05) is 26.7 Å². The number of carbonyl (C=O) groups excluding carboxylic acids is 1. The molecular formula is C23H23ClF2N2O3. The molecule has 31 heavy (non-hydrogen) atoms. The summed E-state index contributed by atoms with van der Waals surface area (Å²) in [5, 5.41) is 3.23. The fourth-order valence-electron chi connectivity index (χ4n) is 4.52. The molecule has 3 heterocycles. The number of fused-ring (bicyclic) bond motifs is 3. The molecule has 2 aliphatic rings. The van der Waals surface area contributed by atoms with Gasteiger partial charge < -0.3 is 14.5 Å². The van der Waals surface area contributed by atoms with Crippen LogP contribution in [0.2, 0.25) is 0 Å². The number of nitrogens with zero attached hydrogens (tertiary/aromatic N) is 1. The maximum Gasteiger partial charge on any atom is 0.251 e. The highest BCUT2D eigenvalue weighted by atomic mass is 35.5. The predicted molar refractivity (Wildman–Crippen MR) is 116 cm³/mol. The molecule has 2 bridgehead atoms. The molecule has 8 heteroatoms. The van der Waals surface area contributed by atoms with Crippen LogP contribution in [-0.4, -0.2) is 49.7 Å². The second-order valence-electron chi connectivity index (χ2n) is 7.98. The van der Waals surface area contributed by atoms with E-state index in [4.69, 9.17) is 9.15 Å². The molecule has 0 saturated carbocycles. The number of hydrogen-bond acceptors (Lipinski definition) is 4. The Bertz CT molecular complexity index is 1130. The zero-order valence-corrected chi connectivity index (χ0v) is 18.0. The molecule has 0 spiro atoms. The number of hydrogen-bond donors (Lipinski definition) is 1. The van der Waals surface area contributed by atoms with Crippen LogP contribution in [0.4, 0.5) is 8.78 Å². The monoisotopic (exact) mass is 448 g/mol. The summed E-state index contributed by atoms with van der Waals surface area (Å²) in [4.78, 5) is 14.2. The Morgan fingerprint density at radius 2 is 1.97 bits per heavy atom. The second-order valence-corrected chi connectivity index (χ2v) is 7.98. The standard InChI is InChI=1S/C23H22F2N2O3.ClH/c1-12-3-4-14-15(10-18-20-11-27(18)5-6-29-20)22(30-19(14)7-12)21-16(24)8-13(9-17(21)25)23(28)26-2;/h3-4,7-9,18,20H,5-6,10-11H2,1-2H3,(H,26,28);1H/t18-,20-;/m0./s1. The molecule has 2 fully saturated rings. The Morgan fingerprint density at radius 3 is 2.58 bits per heavy atom. The average Bonchev–Trinajstić information content (AvgIpc) is 3.08. The van der Waals surface area contributed by atoms with E-state index in [-0.39, 0.29) is 41.4 Å². The van der Waals surface area contributed by atoms with Gasteiger partial charge in [0, 0.05) is 42.7 Å². The van der Waals surface area contributed by atoms with Crippen LogP contribution in [0, 0.1) is 18.6 Å². The normalized spacial score (nSPS) is 22.0. The first-order valence-corrected chi connectivity index (χ1v) is 10.1. The first-order chi connectivity index (χ1) is 14.5. The topological polar surface area (TPSA) is 54.7 Å². The Kier molecular flexibility index (Phi) is 5.77. The van der Waals surface area contributed by atoms with E-state index in [9.17, 15) is 4.79 Å². The lowest BCUT2D eigenvalue weighted by molar-refractivity contribution is -0.159. The number of amides is 1. The minimum Gasteiger partial charge on any atom is -0.456 e. The third-order valence-electron chi connectivity index (χ3n) is 6.14. The van der Waals surface area contributed by atoms with Crippen molar-refractivity contribution < 1.29 is 22.7 Å². The quantitative estimate of drug-likeness (QED) is 0.653. The Balaban J connectivity index is 0.00000231. The molecule has 2 aliphatic heterocycles. The molecule has 0 aliphatic carbocycles. The van der Waals surface area contributed by atoms with Crippen LogP contribution in [0.5, 0.6) is 0 Å². The highest BCUT2D eigenvalue weighted by Crippen LogP contribution is 2.40. The van der Waals surface area contributed by atoms with Gasteiger partial charge in [-0.25, -0.2) is 8.78 Å². The van der Waals surface area contributed by atoms with Crippen LogP contribution >= 0.6 is 12.4 Å². The van der Waals surface area contributed by atoms with Crippen molar-refractivity contribution in [2.45, 2.75) is 25.5 Å². The van der Waals surface area contributed by atoms with Gasteiger partial charge in [-0.05, 0) is 37.1 Å². The van der Waals surface area contributed by atoms with Gasteiger partial charge in [-0.15, -0.1) is 12.4 Å². The summed E-state index contributed by atoms with van der Waals surface area (Å²) in [5.41, 5.74) is 2.04. The van der Waals surface area contributed by atoms with Crippen molar-refractivity contribution in [2.24, 2.45) is 0 Å². The molecule has 5 rings (SSSR count). The summed E-state index contributed by atoms with van der Waals surface area (Å²) in [6, 6.07) is 8.02. The molecule has 2 aromatic carbocycles. The number of rotatable bonds is 4. The minimum atomic E-state index is -0.823. The van der Waals surface area contributed by atoms with E-state index in [2.05, 4.69) is 10.2 Å². The first-order valence-electron chi connectivity index (χ1n) is 10.1. The molecule has 3 aromatic rings. The number of morpholine rings is 2. The average molecular weight is 449 g/mol. The fraction of sp³-hybridized carbons (Fsp3) is 0.348. The van der Waals surface area contributed by atoms with Crippen LogP contribution in [0.15, 0.2) is 34.7 Å². The van der Waals surface area contributed by atoms with Gasteiger partial charge in [0.1, 0.15) is 23.0 Å². The van der Waals surface area contributed by atoms with Gasteiger partial charge in [-0.2, -0.15) is 0 Å². The van der Waals surface area contributed by atoms with E-state index in [1.165, 1.54) is 7.05 Å². The summed E-state index contributed by atoms with van der Waals surface area (Å²) >= 11 is 0. The van der Waals surface area contributed by atoms with Gasteiger partial charge in [0.25, 0.3) is 5.91 Å². The predicted octanol–water partition coefficient (Wildman–Crippen LogP) is 4.09. The van der Waals surface area contributed by atoms with Gasteiger partial charge in [0.05, 0.1) is 18.3 Å². The largest absolute Gasteiger partial charge is 0.456 e. The van der Waals surface area contributed by atoms with E-state index < -0.39 is 17.5 Å². The molecule has 164 valence electrons. The number of benzene rings is 2. The lowest BCUT2D eigenvalue weighted by Gasteiger charge is -2.52. The molecule has 1 amide bonds. The molecule has 1 aromatic heterocycles. The van der Waals surface area contributed by atoms with Gasteiger partial charge >= 0.3 is 0 Å². The zero-order chi connectivity index (χ0) is 21.0. The summed E-state index contributed by atoms with van der Waals surface area (Å²) in [6.07, 6.45) is 0.707. The van der Waals surface area contributed by atoms with Gasteiger partial charge in [-0.3, -0.25) is 9.69 Å². The maximum absolute atomic E-state index is 15.0. The first kappa shape index (κ1) is 21.7. The van der Waals surface area contributed by atoms with Crippen LogP contribution in [0.25, 0.3) is 22.3 Å². The number of furan rings is 1. The Morgan fingerprint density at radius 1 is 1.23 bits per heavy atom. The minimum absolute atomic E-state index is 0. The van der Waals surface area contributed by atoms with Gasteiger partial charge in [0.15, 0.2) is 0 Å². The Hall–Kier alpha value is -2.48. The van der Waals surface area contributed by atoms with Crippen molar-refractivity contribution in [3.05, 3.63) is 58.7 Å². The van der Waals surface area contributed by atoms with Crippen molar-refractivity contribution in [1.29, 1.82) is 0 Å². The van der Waals surface area contributed by atoms with E-state index in [0.717, 1.165) is 41.7 Å². The van der Waals surface area contributed by atoms with E-state index in [0.29, 0.717) is 18.6 Å². The number of halogens is 3. The molecule has 3 atom stereocenters. The van der Waals surface area contributed by atoms with Gasteiger partial charge in [0.2, 0.25) is 0 Å². The SMILES string of the molecule is CNC(=O)c1cc(F)c(-c2oc3cc(C)ccc3c2C[C@H]2[C@@H]3CN2CCO3)c(F)c1.Cl. The van der Waals surface area contributed by atoms with Crippen molar-refractivity contribution in [3.8, 4) is 11.3 Å². The molecule has 0 radical (unpaired) electrons. The summed E-state index contributed by atoms with van der Waals surface area (Å²) in [5.74, 6) is -2.01. The number of aryl methyl sites for hydroxylation is 1. The highest BCUT2D eigenvalue weighted by molar-refractivity contribution is 5.95. The Labute approximate surface area is 184 Å². The van der Waals surface area contributed by atoms with Crippen molar-refractivity contribution in [3.63, 3.8) is 0 Å². The lowest BCUT2D eigenvalue weighted by atomic mass is 9.88. The van der Waals surface area contributed by atoms with Crippen LogP contribution < -0.4 is 5.32 Å². The summed E-state index contributed by atoms with van der Waals surface area (Å²) in [7, 11) is 1.42. The number of ether oxygens (including phenoxy) is 1. The number of nitrogens with one attached hydrogen (secondary N) is 1. The summed E-state index contributed by atoms with van der Waals surface area (Å²) < 4.78 is 41.9. The van der Waals surface area contributed by atoms with Crippen LogP contribution in [0.3, 0.4) is 0 Å². The lowest BCUT2D eigenvalue weighted by Crippen LogP contribution is -2.66. The van der Waals surface area contributed by atoms with Crippen molar-refractivity contribution in [1.82, 2.24) is 10.2 Å². The third kappa shape index (κ3) is 3.60. The highest BCUT2D eigenvalue weighted by Gasteiger charge is 2.43. The summed E-state index contributed by atoms with van der Waals surface area (Å²) in [6.45, 7) is 4.40. The van der Waals surface area contributed by atoms with E-state index in [1.54, 1.807) is 0 Å². The van der Waals surface area contributed by atoms with Crippen LogP contribution in [-0.2, 0) is 11.2 Å². The zero-order valence-electron chi connectivity index (χ0n) is 17.2. The maximum atomic E-state index is 15.0. The molecule has 2 saturated heterocycles. The van der Waals surface area contributed by atoms with Gasteiger partial charge in [-0.1, -0.05) is 12.1 Å². The molecule has 1 N–H and O–H groups in total. The fourth-order valence-corrected chi connectivity index (χ4v) is 4.52.